The lowest BCUT2D eigenvalue weighted by Crippen LogP contribution is -2.19. The van der Waals surface area contributed by atoms with E-state index >= 15 is 0 Å². The van der Waals surface area contributed by atoms with Crippen molar-refractivity contribution in [2.75, 3.05) is 5.32 Å². The summed E-state index contributed by atoms with van der Waals surface area (Å²) in [6, 6.07) is 38.2. The van der Waals surface area contributed by atoms with Gasteiger partial charge in [0.2, 0.25) is 0 Å². The van der Waals surface area contributed by atoms with Gasteiger partial charge < -0.3 is 5.32 Å². The first-order valence-electron chi connectivity index (χ1n) is 12.8. The third kappa shape index (κ3) is 3.75. The minimum Gasteiger partial charge on any atom is -0.339 e. The molecule has 1 aliphatic rings. The number of aryl methyl sites for hydroxylation is 2. The Morgan fingerprint density at radius 2 is 1.45 bits per heavy atom. The molecule has 4 nitrogen and oxygen atoms in total. The first-order valence-corrected chi connectivity index (χ1v) is 13.6. The van der Waals surface area contributed by atoms with Crippen LogP contribution in [0.5, 0.6) is 0 Å². The number of rotatable bonds is 4. The van der Waals surface area contributed by atoms with E-state index in [1.165, 1.54) is 27.0 Å². The normalized spacial score (nSPS) is 14.9. The second kappa shape index (κ2) is 9.12. The number of anilines is 1. The van der Waals surface area contributed by atoms with Crippen LogP contribution < -0.4 is 5.32 Å². The lowest BCUT2D eigenvalue weighted by Gasteiger charge is -2.31. The van der Waals surface area contributed by atoms with Crippen molar-refractivity contribution in [2.24, 2.45) is 0 Å². The largest absolute Gasteiger partial charge is 0.339 e. The Morgan fingerprint density at radius 1 is 0.763 bits per heavy atom. The highest BCUT2D eigenvalue weighted by Gasteiger charge is 2.37. The highest BCUT2D eigenvalue weighted by atomic mass is 32.1. The zero-order valence-corrected chi connectivity index (χ0v) is 22.0. The minimum atomic E-state index is -0.0277. The quantitative estimate of drug-likeness (QED) is 0.260. The maximum atomic E-state index is 5.17. The van der Waals surface area contributed by atoms with Gasteiger partial charge in [-0.1, -0.05) is 90.5 Å². The predicted molar refractivity (Wildman–Crippen MR) is 158 cm³/mol. The third-order valence-corrected chi connectivity index (χ3v) is 8.26. The summed E-state index contributed by atoms with van der Waals surface area (Å²) < 4.78 is 3.23. The molecule has 0 saturated heterocycles. The van der Waals surface area contributed by atoms with Crippen molar-refractivity contribution in [1.29, 1.82) is 0 Å². The highest BCUT2D eigenvalue weighted by molar-refractivity contribution is 7.19. The molecule has 7 rings (SSSR count). The first kappa shape index (κ1) is 22.7. The number of thiazole rings is 1. The summed E-state index contributed by atoms with van der Waals surface area (Å²) in [6.07, 6.45) is 0. The van der Waals surface area contributed by atoms with Crippen molar-refractivity contribution in [3.63, 3.8) is 0 Å². The monoisotopic (exact) mass is 510 g/mol. The molecule has 0 aliphatic carbocycles. The molecule has 0 unspecified atom stereocenters. The third-order valence-electron chi connectivity index (χ3n) is 7.20. The number of para-hydroxylation sites is 2. The fraction of sp³-hybridized carbons (Fsp3) is 0.0909. The molecule has 1 atom stereocenters. The molecule has 0 spiro atoms. The molecule has 184 valence electrons. The summed E-state index contributed by atoms with van der Waals surface area (Å²) in [7, 11) is 0. The lowest BCUT2D eigenvalue weighted by molar-refractivity contribution is 0.870. The van der Waals surface area contributed by atoms with Crippen LogP contribution in [0.4, 0.5) is 5.82 Å². The second-order valence-corrected chi connectivity index (χ2v) is 10.7. The van der Waals surface area contributed by atoms with Crippen LogP contribution in [0.15, 0.2) is 109 Å². The first-order chi connectivity index (χ1) is 18.7. The molecule has 4 aromatic carbocycles. The van der Waals surface area contributed by atoms with Crippen LogP contribution in [0.1, 0.15) is 38.9 Å². The Hall–Kier alpha value is -4.48. The van der Waals surface area contributed by atoms with E-state index < -0.39 is 0 Å². The molecular formula is C33H26N4S. The van der Waals surface area contributed by atoms with Crippen molar-refractivity contribution >= 4 is 38.6 Å². The minimum absolute atomic E-state index is 0.0277. The number of nitrogens with one attached hydrogen (secondary N) is 1. The number of fused-ring (bicyclic) bond motifs is 2. The maximum Gasteiger partial charge on any atom is 0.138 e. The standard InChI is InChI=1S/C33H26N4S/c1-21-17-19-23(20-18-21)29-28-22(2)36-37(25-13-7-4-8-14-25)32(28)35-31(24-11-5-3-6-12-24)30(29)33-34-26-15-9-10-16-27(26)38-33/h3-20,29,35H,1-2H3/t29-/m1/s1. The Morgan fingerprint density at radius 3 is 2.18 bits per heavy atom. The molecule has 1 aliphatic heterocycles. The van der Waals surface area contributed by atoms with Crippen LogP contribution >= 0.6 is 11.3 Å². The summed E-state index contributed by atoms with van der Waals surface area (Å²) in [5, 5.41) is 9.95. The Kier molecular flexibility index (Phi) is 5.45. The molecule has 0 fully saturated rings. The summed E-state index contributed by atoms with van der Waals surface area (Å²) in [4.78, 5) is 5.17. The van der Waals surface area contributed by atoms with E-state index in [1.807, 2.05) is 10.7 Å². The second-order valence-electron chi connectivity index (χ2n) is 9.71. The van der Waals surface area contributed by atoms with Crippen LogP contribution in [0.3, 0.4) is 0 Å². The van der Waals surface area contributed by atoms with Crippen molar-refractivity contribution in [1.82, 2.24) is 14.8 Å². The summed E-state index contributed by atoms with van der Waals surface area (Å²) in [5.74, 6) is 0.975. The molecular weight excluding hydrogens is 484 g/mol. The van der Waals surface area contributed by atoms with Gasteiger partial charge in [0.1, 0.15) is 10.8 Å². The fourth-order valence-corrected chi connectivity index (χ4v) is 6.43. The van der Waals surface area contributed by atoms with Crippen molar-refractivity contribution in [2.45, 2.75) is 19.8 Å². The number of aromatic nitrogens is 3. The van der Waals surface area contributed by atoms with Gasteiger partial charge in [0.25, 0.3) is 0 Å². The highest BCUT2D eigenvalue weighted by Crippen LogP contribution is 2.51. The topological polar surface area (TPSA) is 42.7 Å². The summed E-state index contributed by atoms with van der Waals surface area (Å²) in [5.41, 5.74) is 10.1. The Bertz CT molecular complexity index is 1760. The molecule has 2 aromatic heterocycles. The summed E-state index contributed by atoms with van der Waals surface area (Å²) >= 11 is 1.75. The molecule has 1 N–H and O–H groups in total. The van der Waals surface area contributed by atoms with Gasteiger partial charge in [0.05, 0.1) is 27.3 Å². The van der Waals surface area contributed by atoms with Gasteiger partial charge in [-0.05, 0) is 49.2 Å². The van der Waals surface area contributed by atoms with Gasteiger partial charge in [0.15, 0.2) is 0 Å². The fourth-order valence-electron chi connectivity index (χ4n) is 5.38. The van der Waals surface area contributed by atoms with Crippen LogP contribution in [0.2, 0.25) is 0 Å². The SMILES string of the molecule is Cc1ccc([C@H]2C(c3nc4ccccc4s3)=C(c3ccccc3)Nc3c2c(C)nn3-c2ccccc2)cc1. The predicted octanol–water partition coefficient (Wildman–Crippen LogP) is 8.22. The van der Waals surface area contributed by atoms with E-state index in [2.05, 4.69) is 122 Å². The van der Waals surface area contributed by atoms with E-state index in [9.17, 15) is 0 Å². The average molecular weight is 511 g/mol. The van der Waals surface area contributed by atoms with Gasteiger partial charge in [-0.3, -0.25) is 0 Å². The van der Waals surface area contributed by atoms with E-state index in [0.717, 1.165) is 39.0 Å². The Balaban J connectivity index is 1.56. The van der Waals surface area contributed by atoms with E-state index in [0.29, 0.717) is 0 Å². The van der Waals surface area contributed by atoms with Crippen molar-refractivity contribution in [3.8, 4) is 5.69 Å². The number of hydrogen-bond acceptors (Lipinski definition) is 4. The maximum absolute atomic E-state index is 5.17. The molecule has 0 amide bonds. The van der Waals surface area contributed by atoms with Crippen LogP contribution in [-0.2, 0) is 0 Å². The lowest BCUT2D eigenvalue weighted by atomic mass is 9.80. The van der Waals surface area contributed by atoms with Gasteiger partial charge in [0, 0.05) is 17.1 Å². The number of nitrogens with zero attached hydrogens (tertiary/aromatic N) is 3. The molecule has 0 radical (unpaired) electrons. The van der Waals surface area contributed by atoms with Crippen molar-refractivity contribution < 1.29 is 0 Å². The molecule has 5 heteroatoms. The van der Waals surface area contributed by atoms with Gasteiger partial charge in [-0.2, -0.15) is 5.10 Å². The van der Waals surface area contributed by atoms with Crippen molar-refractivity contribution in [3.05, 3.63) is 142 Å². The smallest absolute Gasteiger partial charge is 0.138 e. The van der Waals surface area contributed by atoms with E-state index in [-0.39, 0.29) is 5.92 Å². The summed E-state index contributed by atoms with van der Waals surface area (Å²) in [6.45, 7) is 4.25. The Labute approximate surface area is 225 Å². The number of benzene rings is 4. The molecule has 38 heavy (non-hydrogen) atoms. The van der Waals surface area contributed by atoms with E-state index in [1.54, 1.807) is 11.3 Å². The van der Waals surface area contributed by atoms with Crippen LogP contribution in [0, 0.1) is 13.8 Å². The molecule has 6 aromatic rings. The average Bonchev–Trinajstić information content (AvgIpc) is 3.54. The zero-order chi connectivity index (χ0) is 25.6. The van der Waals surface area contributed by atoms with Gasteiger partial charge >= 0.3 is 0 Å². The van der Waals surface area contributed by atoms with Gasteiger partial charge in [-0.15, -0.1) is 11.3 Å². The molecule has 0 saturated carbocycles. The molecule has 3 heterocycles. The van der Waals surface area contributed by atoms with Gasteiger partial charge in [-0.25, -0.2) is 9.67 Å². The van der Waals surface area contributed by atoms with Crippen LogP contribution in [0.25, 0.3) is 27.2 Å². The molecule has 0 bridgehead atoms. The zero-order valence-electron chi connectivity index (χ0n) is 21.2. The van der Waals surface area contributed by atoms with Crippen LogP contribution in [-0.4, -0.2) is 14.8 Å². The van der Waals surface area contributed by atoms with E-state index in [4.69, 9.17) is 10.1 Å². The number of hydrogen-bond donors (Lipinski definition) is 1. The number of allylic oxidation sites excluding steroid dienone is 1.